The molecule has 146 valence electrons. The quantitative estimate of drug-likeness (QED) is 0.391. The SMILES string of the molecule is CC(OC(=O)c1ccc(NC(N)=O)cc1)C(=O)Nc1ccc(F)c([N+](=O)[O-])c1. The maximum Gasteiger partial charge on any atom is 0.338 e. The number of benzene rings is 2. The van der Waals surface area contributed by atoms with E-state index in [1.165, 1.54) is 31.2 Å². The van der Waals surface area contributed by atoms with Crippen LogP contribution in [-0.2, 0) is 9.53 Å². The van der Waals surface area contributed by atoms with Gasteiger partial charge in [0.1, 0.15) is 0 Å². The average Bonchev–Trinajstić information content (AvgIpc) is 2.63. The van der Waals surface area contributed by atoms with Crippen molar-refractivity contribution in [3.05, 3.63) is 64.0 Å². The number of hydrogen-bond acceptors (Lipinski definition) is 6. The monoisotopic (exact) mass is 390 g/mol. The molecule has 11 heteroatoms. The van der Waals surface area contributed by atoms with Gasteiger partial charge in [-0.15, -0.1) is 0 Å². The number of amides is 3. The lowest BCUT2D eigenvalue weighted by molar-refractivity contribution is -0.387. The molecule has 4 N–H and O–H groups in total. The van der Waals surface area contributed by atoms with E-state index in [0.29, 0.717) is 5.69 Å². The number of urea groups is 1. The summed E-state index contributed by atoms with van der Waals surface area (Å²) in [6, 6.07) is 7.63. The van der Waals surface area contributed by atoms with Crippen molar-refractivity contribution in [3.8, 4) is 0 Å². The van der Waals surface area contributed by atoms with Gasteiger partial charge >= 0.3 is 17.7 Å². The Kier molecular flexibility index (Phi) is 6.22. The summed E-state index contributed by atoms with van der Waals surface area (Å²) in [5, 5.41) is 15.4. The van der Waals surface area contributed by atoms with E-state index in [1.807, 2.05) is 0 Å². The van der Waals surface area contributed by atoms with Crippen molar-refractivity contribution in [3.63, 3.8) is 0 Å². The number of rotatable bonds is 6. The molecule has 3 amide bonds. The van der Waals surface area contributed by atoms with Gasteiger partial charge in [-0.25, -0.2) is 9.59 Å². The highest BCUT2D eigenvalue weighted by atomic mass is 19.1. The molecule has 0 aromatic heterocycles. The summed E-state index contributed by atoms with van der Waals surface area (Å²) in [5.41, 5.74) is 4.64. The Hall–Kier alpha value is -4.02. The molecule has 0 aliphatic rings. The number of nitro groups is 1. The predicted octanol–water partition coefficient (Wildman–Crippen LogP) is 2.41. The number of carbonyl (C=O) groups is 3. The summed E-state index contributed by atoms with van der Waals surface area (Å²) in [4.78, 5) is 44.7. The number of nitrogens with zero attached hydrogens (tertiary/aromatic N) is 1. The van der Waals surface area contributed by atoms with Gasteiger partial charge in [0.05, 0.1) is 10.5 Å². The minimum absolute atomic E-state index is 0.0251. The number of primary amides is 1. The molecule has 0 saturated carbocycles. The molecule has 1 unspecified atom stereocenters. The van der Waals surface area contributed by atoms with Gasteiger partial charge in [0.15, 0.2) is 6.10 Å². The first-order valence-corrected chi connectivity index (χ1v) is 7.79. The van der Waals surface area contributed by atoms with Crippen molar-refractivity contribution in [2.24, 2.45) is 5.73 Å². The van der Waals surface area contributed by atoms with Crippen LogP contribution in [0.5, 0.6) is 0 Å². The number of nitro benzene ring substituents is 1. The molecule has 2 aromatic rings. The van der Waals surface area contributed by atoms with Gasteiger partial charge in [-0.3, -0.25) is 14.9 Å². The minimum Gasteiger partial charge on any atom is -0.449 e. The van der Waals surface area contributed by atoms with E-state index in [9.17, 15) is 28.9 Å². The fraction of sp³-hybridized carbons (Fsp3) is 0.118. The fourth-order valence-corrected chi connectivity index (χ4v) is 2.09. The molecule has 1 atom stereocenters. The Bertz CT molecular complexity index is 932. The van der Waals surface area contributed by atoms with Crippen molar-refractivity contribution in [2.45, 2.75) is 13.0 Å². The topological polar surface area (TPSA) is 154 Å². The van der Waals surface area contributed by atoms with E-state index < -0.39 is 40.4 Å². The van der Waals surface area contributed by atoms with Crippen LogP contribution in [0.3, 0.4) is 0 Å². The van der Waals surface area contributed by atoms with Crippen LogP contribution in [0.4, 0.5) is 26.2 Å². The Morgan fingerprint density at radius 3 is 2.29 bits per heavy atom. The van der Waals surface area contributed by atoms with Crippen LogP contribution in [-0.4, -0.2) is 28.9 Å². The second kappa shape index (κ2) is 8.58. The third kappa shape index (κ3) is 5.24. The lowest BCUT2D eigenvalue weighted by Crippen LogP contribution is -2.30. The summed E-state index contributed by atoms with van der Waals surface area (Å²) < 4.78 is 18.3. The number of esters is 1. The largest absolute Gasteiger partial charge is 0.449 e. The third-order valence-electron chi connectivity index (χ3n) is 3.45. The number of hydrogen-bond donors (Lipinski definition) is 3. The second-order valence-electron chi connectivity index (χ2n) is 5.53. The van der Waals surface area contributed by atoms with Gasteiger partial charge in [-0.2, -0.15) is 4.39 Å². The molecule has 2 rings (SSSR count). The predicted molar refractivity (Wildman–Crippen MR) is 96.2 cm³/mol. The van der Waals surface area contributed by atoms with Gasteiger partial charge < -0.3 is 21.1 Å². The first-order valence-electron chi connectivity index (χ1n) is 7.79. The first-order chi connectivity index (χ1) is 13.2. The Balaban J connectivity index is 2.00. The molecular weight excluding hydrogens is 375 g/mol. The summed E-state index contributed by atoms with van der Waals surface area (Å²) in [7, 11) is 0. The second-order valence-corrected chi connectivity index (χ2v) is 5.53. The summed E-state index contributed by atoms with van der Waals surface area (Å²) in [5.74, 6) is -2.61. The maximum absolute atomic E-state index is 13.3. The smallest absolute Gasteiger partial charge is 0.338 e. The highest BCUT2D eigenvalue weighted by Crippen LogP contribution is 2.22. The van der Waals surface area contributed by atoms with Gasteiger partial charge in [-0.1, -0.05) is 0 Å². The number of nitrogens with one attached hydrogen (secondary N) is 2. The molecule has 0 aliphatic heterocycles. The normalized spacial score (nSPS) is 11.2. The third-order valence-corrected chi connectivity index (χ3v) is 3.45. The fourth-order valence-electron chi connectivity index (χ4n) is 2.09. The Labute approximate surface area is 157 Å². The first kappa shape index (κ1) is 20.3. The van der Waals surface area contributed by atoms with Crippen molar-refractivity contribution >= 4 is 35.0 Å². The van der Waals surface area contributed by atoms with Crippen LogP contribution in [0.15, 0.2) is 42.5 Å². The van der Waals surface area contributed by atoms with Crippen molar-refractivity contribution in [1.29, 1.82) is 0 Å². The number of halogens is 1. The lowest BCUT2D eigenvalue weighted by Gasteiger charge is -2.14. The standard InChI is InChI=1S/C17H15FN4O6/c1-9(15(23)20-12-6-7-13(18)14(8-12)22(26)27)28-16(24)10-2-4-11(5-3-10)21-17(19)25/h2-9H,1H3,(H,20,23)(H3,19,21,25). The zero-order valence-corrected chi connectivity index (χ0v) is 14.5. The minimum atomic E-state index is -1.24. The van der Waals surface area contributed by atoms with Crippen molar-refractivity contribution < 1.29 is 28.4 Å². The lowest BCUT2D eigenvalue weighted by atomic mass is 10.2. The van der Waals surface area contributed by atoms with E-state index in [4.69, 9.17) is 10.5 Å². The highest BCUT2D eigenvalue weighted by Gasteiger charge is 2.21. The van der Waals surface area contributed by atoms with Crippen LogP contribution < -0.4 is 16.4 Å². The van der Waals surface area contributed by atoms with Gasteiger partial charge in [0.2, 0.25) is 5.82 Å². The molecule has 0 spiro atoms. The molecule has 0 bridgehead atoms. The van der Waals surface area contributed by atoms with Gasteiger partial charge in [-0.05, 0) is 43.3 Å². The average molecular weight is 390 g/mol. The van der Waals surface area contributed by atoms with Crippen molar-refractivity contribution in [2.75, 3.05) is 10.6 Å². The summed E-state index contributed by atoms with van der Waals surface area (Å²) in [6.07, 6.45) is -1.24. The highest BCUT2D eigenvalue weighted by molar-refractivity contribution is 5.97. The molecule has 28 heavy (non-hydrogen) atoms. The molecule has 0 saturated heterocycles. The molecule has 0 fully saturated rings. The van der Waals surface area contributed by atoms with E-state index in [1.54, 1.807) is 0 Å². The number of nitrogens with two attached hydrogens (primary N) is 1. The van der Waals surface area contributed by atoms with Crippen LogP contribution in [0.2, 0.25) is 0 Å². The Morgan fingerprint density at radius 1 is 1.11 bits per heavy atom. The number of ether oxygens (including phenoxy) is 1. The van der Waals surface area contributed by atoms with E-state index in [2.05, 4.69) is 10.6 Å². The Morgan fingerprint density at radius 2 is 1.71 bits per heavy atom. The van der Waals surface area contributed by atoms with Crippen LogP contribution in [0.25, 0.3) is 0 Å². The zero-order chi connectivity index (χ0) is 20.8. The molecule has 0 aliphatic carbocycles. The van der Waals surface area contributed by atoms with Crippen molar-refractivity contribution in [1.82, 2.24) is 0 Å². The summed E-state index contributed by atoms with van der Waals surface area (Å²) in [6.45, 7) is 1.30. The van der Waals surface area contributed by atoms with Crippen LogP contribution >= 0.6 is 0 Å². The van der Waals surface area contributed by atoms with Gasteiger partial charge in [0.25, 0.3) is 5.91 Å². The number of carbonyl (C=O) groups excluding carboxylic acids is 3. The molecule has 2 aromatic carbocycles. The maximum atomic E-state index is 13.3. The molecule has 0 heterocycles. The van der Waals surface area contributed by atoms with Crippen LogP contribution in [0.1, 0.15) is 17.3 Å². The van der Waals surface area contributed by atoms with Crippen LogP contribution in [0, 0.1) is 15.9 Å². The zero-order valence-electron chi connectivity index (χ0n) is 14.5. The van der Waals surface area contributed by atoms with E-state index in [0.717, 1.165) is 18.2 Å². The molecular formula is C17H15FN4O6. The van der Waals surface area contributed by atoms with Gasteiger partial charge in [0, 0.05) is 17.4 Å². The number of anilines is 2. The summed E-state index contributed by atoms with van der Waals surface area (Å²) >= 11 is 0. The van der Waals surface area contributed by atoms with E-state index >= 15 is 0 Å². The van der Waals surface area contributed by atoms with E-state index in [-0.39, 0.29) is 11.3 Å². The molecule has 10 nitrogen and oxygen atoms in total. The molecule has 0 radical (unpaired) electrons.